The Labute approximate surface area is 199 Å². The van der Waals surface area contributed by atoms with Crippen LogP contribution in [0.15, 0.2) is 42.7 Å². The number of benzene rings is 2. The van der Waals surface area contributed by atoms with Gasteiger partial charge in [-0.05, 0) is 49.7 Å². The van der Waals surface area contributed by atoms with Crippen LogP contribution >= 0.6 is 0 Å². The van der Waals surface area contributed by atoms with E-state index in [4.69, 9.17) is 15.2 Å². The molecule has 2 aliphatic rings. The van der Waals surface area contributed by atoms with Crippen molar-refractivity contribution < 1.29 is 14.3 Å². The first kappa shape index (κ1) is 22.3. The minimum atomic E-state index is -0.481. The van der Waals surface area contributed by atoms with Crippen molar-refractivity contribution in [3.8, 4) is 11.5 Å². The molecule has 0 aliphatic carbocycles. The summed E-state index contributed by atoms with van der Waals surface area (Å²) < 4.78 is 13.6. The lowest BCUT2D eigenvalue weighted by atomic mass is 10.2. The first-order chi connectivity index (χ1) is 16.6. The molecule has 180 valence electrons. The number of amides is 2. The molecule has 5 rings (SSSR count). The number of carbonyl (C=O) groups is 1. The minimum Gasteiger partial charge on any atom is -0.486 e. The molecular formula is C25H32N6O3. The third-order valence-electron chi connectivity index (χ3n) is 6.71. The predicted octanol–water partition coefficient (Wildman–Crippen LogP) is 2.92. The van der Waals surface area contributed by atoms with Gasteiger partial charge in [0.1, 0.15) is 13.2 Å². The number of hydrogen-bond acceptors (Lipinski definition) is 6. The van der Waals surface area contributed by atoms with Crippen LogP contribution < -0.4 is 25.0 Å². The molecule has 2 N–H and O–H groups in total. The lowest BCUT2D eigenvalue weighted by molar-refractivity contribution is 0.171. The van der Waals surface area contributed by atoms with Gasteiger partial charge in [0.05, 0.1) is 17.4 Å². The number of rotatable bonds is 7. The first-order valence-corrected chi connectivity index (χ1v) is 11.9. The summed E-state index contributed by atoms with van der Waals surface area (Å²) in [6.07, 6.45) is 4.12. The van der Waals surface area contributed by atoms with Crippen LogP contribution in [0.4, 0.5) is 16.2 Å². The number of fused-ring (bicyclic) bond motifs is 2. The Hall–Kier alpha value is -3.46. The summed E-state index contributed by atoms with van der Waals surface area (Å²) in [5.74, 6) is 1.70. The molecule has 2 aromatic carbocycles. The van der Waals surface area contributed by atoms with Crippen LogP contribution in [0, 0.1) is 0 Å². The monoisotopic (exact) mass is 464 g/mol. The third-order valence-corrected chi connectivity index (χ3v) is 6.71. The fraction of sp³-hybridized carbons (Fsp3) is 0.440. The normalized spacial score (nSPS) is 16.1. The van der Waals surface area contributed by atoms with Gasteiger partial charge in [-0.15, -0.1) is 0 Å². The molecular weight excluding hydrogens is 432 g/mol. The SMILES string of the molecule is CN(C(N)=O)c1ccc2c(c1)ncn2CCCCN1CCN(c2ccc3c(c2)OCCO3)CC1. The van der Waals surface area contributed by atoms with Gasteiger partial charge in [0.25, 0.3) is 0 Å². The van der Waals surface area contributed by atoms with E-state index in [2.05, 4.69) is 31.5 Å². The second-order valence-corrected chi connectivity index (χ2v) is 8.87. The Morgan fingerprint density at radius 1 is 1.00 bits per heavy atom. The maximum absolute atomic E-state index is 11.4. The number of ether oxygens (including phenoxy) is 2. The van der Waals surface area contributed by atoms with Crippen molar-refractivity contribution in [1.82, 2.24) is 14.5 Å². The molecule has 0 spiro atoms. The van der Waals surface area contributed by atoms with Gasteiger partial charge in [-0.2, -0.15) is 0 Å². The van der Waals surface area contributed by atoms with Crippen LogP contribution in [0.5, 0.6) is 11.5 Å². The molecule has 0 bridgehead atoms. The van der Waals surface area contributed by atoms with Crippen molar-refractivity contribution in [2.45, 2.75) is 19.4 Å². The summed E-state index contributed by atoms with van der Waals surface area (Å²) in [5, 5.41) is 0. The summed E-state index contributed by atoms with van der Waals surface area (Å²) in [4.78, 5) is 22.3. The number of nitrogens with zero attached hydrogens (tertiary/aromatic N) is 5. The average molecular weight is 465 g/mol. The number of unbranched alkanes of at least 4 members (excludes halogenated alkanes) is 1. The number of piperazine rings is 1. The Kier molecular flexibility index (Phi) is 6.44. The smallest absolute Gasteiger partial charge is 0.318 e. The molecule has 0 unspecified atom stereocenters. The number of urea groups is 1. The van der Waals surface area contributed by atoms with Crippen LogP contribution in [0.25, 0.3) is 11.0 Å². The zero-order valence-corrected chi connectivity index (χ0v) is 19.7. The summed E-state index contributed by atoms with van der Waals surface area (Å²) in [7, 11) is 1.66. The summed E-state index contributed by atoms with van der Waals surface area (Å²) in [6, 6.07) is 11.6. The van der Waals surface area contributed by atoms with E-state index in [1.54, 1.807) is 7.05 Å². The molecule has 9 nitrogen and oxygen atoms in total. The standard InChI is InChI=1S/C25H32N6O3/c1-28(25(26)32)19-4-6-22-21(16-19)27-18-31(22)9-3-2-8-29-10-12-30(13-11-29)20-5-7-23-24(17-20)34-15-14-33-23/h4-7,16-18H,2-3,8-15H2,1H3,(H2,26,32). The van der Waals surface area contributed by atoms with E-state index in [9.17, 15) is 4.79 Å². The number of hydrogen-bond donors (Lipinski definition) is 1. The molecule has 1 fully saturated rings. The van der Waals surface area contributed by atoms with Crippen LogP contribution in [0.1, 0.15) is 12.8 Å². The molecule has 34 heavy (non-hydrogen) atoms. The van der Waals surface area contributed by atoms with Crippen molar-refractivity contribution >= 4 is 28.4 Å². The minimum absolute atomic E-state index is 0.481. The van der Waals surface area contributed by atoms with E-state index >= 15 is 0 Å². The highest BCUT2D eigenvalue weighted by Crippen LogP contribution is 2.34. The van der Waals surface area contributed by atoms with Crippen LogP contribution in [-0.4, -0.2) is 73.5 Å². The molecule has 1 aromatic heterocycles. The Morgan fingerprint density at radius 2 is 1.76 bits per heavy atom. The van der Waals surface area contributed by atoms with Gasteiger partial charge in [-0.25, -0.2) is 9.78 Å². The molecule has 0 atom stereocenters. The topological polar surface area (TPSA) is 89.1 Å². The van der Waals surface area contributed by atoms with E-state index in [0.717, 1.165) is 80.3 Å². The van der Waals surface area contributed by atoms with Gasteiger partial charge in [0, 0.05) is 57.2 Å². The zero-order chi connectivity index (χ0) is 23.5. The number of primary amides is 1. The lowest BCUT2D eigenvalue weighted by Gasteiger charge is -2.36. The van der Waals surface area contributed by atoms with Gasteiger partial charge >= 0.3 is 6.03 Å². The predicted molar refractivity (Wildman–Crippen MR) is 133 cm³/mol. The van der Waals surface area contributed by atoms with Crippen molar-refractivity contribution in [1.29, 1.82) is 0 Å². The highest BCUT2D eigenvalue weighted by molar-refractivity contribution is 5.92. The fourth-order valence-corrected chi connectivity index (χ4v) is 4.64. The Morgan fingerprint density at radius 3 is 2.56 bits per heavy atom. The van der Waals surface area contributed by atoms with Gasteiger partial charge in [0.2, 0.25) is 0 Å². The quantitative estimate of drug-likeness (QED) is 0.541. The van der Waals surface area contributed by atoms with Crippen LogP contribution in [0.3, 0.4) is 0 Å². The summed E-state index contributed by atoms with van der Waals surface area (Å²) in [5.41, 5.74) is 9.28. The highest BCUT2D eigenvalue weighted by atomic mass is 16.6. The lowest BCUT2D eigenvalue weighted by Crippen LogP contribution is -2.46. The van der Waals surface area contributed by atoms with E-state index in [-0.39, 0.29) is 0 Å². The van der Waals surface area contributed by atoms with Crippen molar-refractivity contribution in [3.63, 3.8) is 0 Å². The second-order valence-electron chi connectivity index (χ2n) is 8.87. The molecule has 9 heteroatoms. The summed E-state index contributed by atoms with van der Waals surface area (Å²) >= 11 is 0. The van der Waals surface area contributed by atoms with Crippen LogP contribution in [-0.2, 0) is 6.54 Å². The third kappa shape index (κ3) is 4.75. The number of anilines is 2. The molecule has 3 aromatic rings. The number of aromatic nitrogens is 2. The molecule has 2 amide bonds. The molecule has 2 aliphatic heterocycles. The van der Waals surface area contributed by atoms with E-state index in [1.807, 2.05) is 30.6 Å². The largest absolute Gasteiger partial charge is 0.486 e. The first-order valence-electron chi connectivity index (χ1n) is 11.9. The molecule has 3 heterocycles. The summed E-state index contributed by atoms with van der Waals surface area (Å²) in [6.45, 7) is 7.46. The van der Waals surface area contributed by atoms with E-state index in [1.165, 1.54) is 10.6 Å². The van der Waals surface area contributed by atoms with E-state index in [0.29, 0.717) is 13.2 Å². The van der Waals surface area contributed by atoms with Crippen LogP contribution in [0.2, 0.25) is 0 Å². The highest BCUT2D eigenvalue weighted by Gasteiger charge is 2.19. The van der Waals surface area contributed by atoms with Gasteiger partial charge in [-0.3, -0.25) is 9.80 Å². The fourth-order valence-electron chi connectivity index (χ4n) is 4.64. The van der Waals surface area contributed by atoms with Crippen molar-refractivity contribution in [2.75, 3.05) is 62.8 Å². The molecule has 1 saturated heterocycles. The number of nitrogens with two attached hydrogens (primary N) is 1. The second kappa shape index (κ2) is 9.80. The number of aryl methyl sites for hydroxylation is 1. The van der Waals surface area contributed by atoms with Crippen molar-refractivity contribution in [2.24, 2.45) is 5.73 Å². The number of imidazole rings is 1. The average Bonchev–Trinajstić information content (AvgIpc) is 3.28. The maximum Gasteiger partial charge on any atom is 0.318 e. The Balaban J connectivity index is 1.07. The maximum atomic E-state index is 11.4. The molecule has 0 saturated carbocycles. The molecule has 0 radical (unpaired) electrons. The van der Waals surface area contributed by atoms with E-state index < -0.39 is 6.03 Å². The van der Waals surface area contributed by atoms with Gasteiger partial charge in [-0.1, -0.05) is 0 Å². The van der Waals surface area contributed by atoms with Gasteiger partial charge < -0.3 is 24.7 Å². The van der Waals surface area contributed by atoms with Crippen molar-refractivity contribution in [3.05, 3.63) is 42.7 Å². The number of carbonyl (C=O) groups excluding carboxylic acids is 1. The zero-order valence-electron chi connectivity index (χ0n) is 19.7. The van der Waals surface area contributed by atoms with Gasteiger partial charge in [0.15, 0.2) is 11.5 Å². The Bertz CT molecular complexity index is 1150.